The summed E-state index contributed by atoms with van der Waals surface area (Å²) in [5, 5.41) is 7.28. The molecule has 2 aromatic rings. The van der Waals surface area contributed by atoms with Crippen molar-refractivity contribution in [2.24, 2.45) is 5.10 Å². The molecule has 0 N–H and O–H groups in total. The Hall–Kier alpha value is -1.69. The molecule has 0 amide bonds. The zero-order chi connectivity index (χ0) is 15.1. The number of methoxy groups -OCH3 is 1. The van der Waals surface area contributed by atoms with Gasteiger partial charge < -0.3 is 4.74 Å². The van der Waals surface area contributed by atoms with Crippen molar-refractivity contribution < 1.29 is 4.74 Å². The van der Waals surface area contributed by atoms with Crippen LogP contribution in [0.25, 0.3) is 10.3 Å². The first kappa shape index (κ1) is 15.7. The molecule has 0 unspecified atom stereocenters. The maximum absolute atomic E-state index is 5.16. The van der Waals surface area contributed by atoms with E-state index >= 15 is 0 Å². The van der Waals surface area contributed by atoms with Crippen LogP contribution in [0.5, 0.6) is 5.88 Å². The van der Waals surface area contributed by atoms with Crippen LogP contribution in [0.2, 0.25) is 0 Å². The number of pyridine rings is 1. The third kappa shape index (κ3) is 4.14. The molecule has 0 aromatic carbocycles. The third-order valence-electron chi connectivity index (χ3n) is 3.13. The predicted octanol–water partition coefficient (Wildman–Crippen LogP) is 4.09. The van der Waals surface area contributed by atoms with Crippen molar-refractivity contribution in [3.63, 3.8) is 0 Å². The number of ether oxygens (including phenoxy) is 1. The summed E-state index contributed by atoms with van der Waals surface area (Å²) in [4.78, 5) is 9.92. The van der Waals surface area contributed by atoms with Crippen molar-refractivity contribution in [2.75, 3.05) is 18.7 Å². The van der Waals surface area contributed by atoms with E-state index in [0.29, 0.717) is 5.88 Å². The third-order valence-corrected chi connectivity index (χ3v) is 4.11. The molecule has 0 aliphatic heterocycles. The van der Waals surface area contributed by atoms with Crippen LogP contribution in [0.3, 0.4) is 0 Å². The first-order chi connectivity index (χ1) is 10.3. The Morgan fingerprint density at radius 3 is 2.86 bits per heavy atom. The molecule has 0 spiro atoms. The van der Waals surface area contributed by atoms with E-state index in [4.69, 9.17) is 4.74 Å². The van der Waals surface area contributed by atoms with E-state index in [-0.39, 0.29) is 0 Å². The number of nitrogens with zero attached hydrogens (tertiary/aromatic N) is 4. The minimum absolute atomic E-state index is 0.617. The Bertz CT molecular complexity index is 596. The number of thiazole rings is 1. The number of hydrogen-bond donors (Lipinski definition) is 0. The molecule has 0 bridgehead atoms. The average Bonchev–Trinajstić information content (AvgIpc) is 2.93. The van der Waals surface area contributed by atoms with Gasteiger partial charge in [-0.15, -0.1) is 0 Å². The van der Waals surface area contributed by atoms with Gasteiger partial charge in [-0.2, -0.15) is 5.10 Å². The molecule has 2 rings (SSSR count). The fourth-order valence-corrected chi connectivity index (χ4v) is 2.96. The zero-order valence-corrected chi connectivity index (χ0v) is 13.7. The van der Waals surface area contributed by atoms with Crippen LogP contribution in [0, 0.1) is 0 Å². The maximum atomic E-state index is 5.16. The van der Waals surface area contributed by atoms with Gasteiger partial charge in [-0.05, 0) is 19.4 Å². The number of hydrogen-bond acceptors (Lipinski definition) is 6. The second-order valence-corrected chi connectivity index (χ2v) is 5.69. The first-order valence-corrected chi connectivity index (χ1v) is 8.17. The summed E-state index contributed by atoms with van der Waals surface area (Å²) in [5.74, 6) is 0.617. The SMILES string of the molecule is C/C=N/N(CCCCCC)c1nc2ccc(OC)nc2s1. The number of fused-ring (bicyclic) bond motifs is 1. The van der Waals surface area contributed by atoms with Crippen LogP contribution >= 0.6 is 11.3 Å². The summed E-state index contributed by atoms with van der Waals surface area (Å²) in [7, 11) is 1.62. The number of unbranched alkanes of at least 4 members (excludes halogenated alkanes) is 3. The number of anilines is 1. The molecule has 0 atom stereocenters. The highest BCUT2D eigenvalue weighted by molar-refractivity contribution is 7.21. The molecule has 5 nitrogen and oxygen atoms in total. The van der Waals surface area contributed by atoms with Gasteiger partial charge in [-0.3, -0.25) is 0 Å². The number of aromatic nitrogens is 2. The summed E-state index contributed by atoms with van der Waals surface area (Å²) in [6, 6.07) is 3.77. The molecular weight excluding hydrogens is 284 g/mol. The normalized spacial score (nSPS) is 11.4. The van der Waals surface area contributed by atoms with Crippen LogP contribution in [0.1, 0.15) is 39.5 Å². The van der Waals surface area contributed by atoms with Gasteiger partial charge in [-0.1, -0.05) is 37.5 Å². The molecule has 6 heteroatoms. The summed E-state index contributed by atoms with van der Waals surface area (Å²) in [5.41, 5.74) is 0.890. The van der Waals surface area contributed by atoms with Crippen LogP contribution < -0.4 is 9.75 Å². The molecule has 21 heavy (non-hydrogen) atoms. The summed E-state index contributed by atoms with van der Waals surface area (Å²) in [6.07, 6.45) is 6.66. The van der Waals surface area contributed by atoms with E-state index in [1.54, 1.807) is 24.7 Å². The van der Waals surface area contributed by atoms with Gasteiger partial charge in [0.25, 0.3) is 0 Å². The fraction of sp³-hybridized carbons (Fsp3) is 0.533. The highest BCUT2D eigenvalue weighted by Gasteiger charge is 2.12. The highest BCUT2D eigenvalue weighted by atomic mass is 32.1. The van der Waals surface area contributed by atoms with Gasteiger partial charge in [0.1, 0.15) is 10.3 Å². The van der Waals surface area contributed by atoms with Gasteiger partial charge in [0, 0.05) is 18.8 Å². The molecule has 0 radical (unpaired) electrons. The zero-order valence-electron chi connectivity index (χ0n) is 12.9. The largest absolute Gasteiger partial charge is 0.481 e. The fourth-order valence-electron chi connectivity index (χ4n) is 2.04. The molecule has 0 saturated carbocycles. The molecule has 0 aliphatic carbocycles. The lowest BCUT2D eigenvalue weighted by Gasteiger charge is -2.14. The van der Waals surface area contributed by atoms with E-state index in [0.717, 1.165) is 28.4 Å². The van der Waals surface area contributed by atoms with Gasteiger partial charge in [0.05, 0.1) is 7.11 Å². The summed E-state index contributed by atoms with van der Waals surface area (Å²) >= 11 is 1.55. The molecule has 114 valence electrons. The lowest BCUT2D eigenvalue weighted by Crippen LogP contribution is -2.17. The van der Waals surface area contributed by atoms with Crippen molar-refractivity contribution >= 4 is 33.0 Å². The monoisotopic (exact) mass is 306 g/mol. The summed E-state index contributed by atoms with van der Waals surface area (Å²) < 4.78 is 5.16. The summed E-state index contributed by atoms with van der Waals surface area (Å²) in [6.45, 7) is 5.03. The molecular formula is C15H22N4OS. The van der Waals surface area contributed by atoms with Crippen LogP contribution in [0.4, 0.5) is 5.13 Å². The first-order valence-electron chi connectivity index (χ1n) is 7.36. The lowest BCUT2D eigenvalue weighted by molar-refractivity contribution is 0.400. The second-order valence-electron chi connectivity index (χ2n) is 4.73. The highest BCUT2D eigenvalue weighted by Crippen LogP contribution is 2.29. The van der Waals surface area contributed by atoms with Crippen molar-refractivity contribution in [1.29, 1.82) is 0 Å². The van der Waals surface area contributed by atoms with E-state index in [9.17, 15) is 0 Å². The molecule has 0 saturated heterocycles. The van der Waals surface area contributed by atoms with E-state index in [2.05, 4.69) is 22.0 Å². The van der Waals surface area contributed by atoms with Gasteiger partial charge >= 0.3 is 0 Å². The Morgan fingerprint density at radius 1 is 1.29 bits per heavy atom. The van der Waals surface area contributed by atoms with E-state index in [1.165, 1.54) is 19.3 Å². The van der Waals surface area contributed by atoms with Crippen LogP contribution in [-0.2, 0) is 0 Å². The topological polar surface area (TPSA) is 50.6 Å². The quantitative estimate of drug-likeness (QED) is 0.419. The standard InChI is InChI=1S/C15H22N4OS/c1-4-6-7-8-11-19(16-5-2)15-17-12-9-10-13(20-3)18-14(12)21-15/h5,9-10H,4,6-8,11H2,1-3H3/b16-5+. The second kappa shape index (κ2) is 7.93. The van der Waals surface area contributed by atoms with E-state index < -0.39 is 0 Å². The Morgan fingerprint density at radius 2 is 2.14 bits per heavy atom. The van der Waals surface area contributed by atoms with Crippen LogP contribution in [0.15, 0.2) is 17.2 Å². The Kier molecular flexibility index (Phi) is 5.92. The Labute approximate surface area is 129 Å². The van der Waals surface area contributed by atoms with Crippen LogP contribution in [-0.4, -0.2) is 29.8 Å². The molecule has 2 heterocycles. The minimum Gasteiger partial charge on any atom is -0.481 e. The Balaban J connectivity index is 2.15. The molecule has 0 fully saturated rings. The minimum atomic E-state index is 0.617. The van der Waals surface area contributed by atoms with Gasteiger partial charge in [0.15, 0.2) is 0 Å². The number of rotatable bonds is 8. The van der Waals surface area contributed by atoms with E-state index in [1.807, 2.05) is 24.1 Å². The van der Waals surface area contributed by atoms with Crippen molar-refractivity contribution in [3.05, 3.63) is 12.1 Å². The van der Waals surface area contributed by atoms with Gasteiger partial charge in [0.2, 0.25) is 11.0 Å². The maximum Gasteiger partial charge on any atom is 0.214 e. The van der Waals surface area contributed by atoms with Crippen molar-refractivity contribution in [3.8, 4) is 5.88 Å². The molecule has 2 aromatic heterocycles. The predicted molar refractivity (Wildman–Crippen MR) is 89.6 cm³/mol. The van der Waals surface area contributed by atoms with Crippen molar-refractivity contribution in [2.45, 2.75) is 39.5 Å². The van der Waals surface area contributed by atoms with Gasteiger partial charge in [-0.25, -0.2) is 15.0 Å². The lowest BCUT2D eigenvalue weighted by atomic mass is 10.2. The number of hydrazone groups is 1. The molecule has 0 aliphatic rings. The van der Waals surface area contributed by atoms with Crippen molar-refractivity contribution in [1.82, 2.24) is 9.97 Å². The smallest absolute Gasteiger partial charge is 0.214 e. The average molecular weight is 306 g/mol.